The lowest BCUT2D eigenvalue weighted by Gasteiger charge is -2.42. The van der Waals surface area contributed by atoms with Crippen LogP contribution >= 0.6 is 11.6 Å². The van der Waals surface area contributed by atoms with Crippen molar-refractivity contribution in [3.05, 3.63) is 38.9 Å². The topological polar surface area (TPSA) is 95.7 Å². The van der Waals surface area contributed by atoms with Gasteiger partial charge in [0.15, 0.2) is 0 Å². The summed E-state index contributed by atoms with van der Waals surface area (Å²) >= 11 is 5.89. The molecular formula is C15H20ClN3O4. The molecule has 0 radical (unpaired) electrons. The average Bonchev–Trinajstić information content (AvgIpc) is 2.43. The van der Waals surface area contributed by atoms with Crippen LogP contribution in [0.3, 0.4) is 0 Å². The van der Waals surface area contributed by atoms with E-state index in [1.165, 1.54) is 6.07 Å². The number of carboxylic acid groups (broad SMARTS) is 1. The molecule has 0 unspecified atom stereocenters. The van der Waals surface area contributed by atoms with E-state index in [2.05, 4.69) is 5.32 Å². The monoisotopic (exact) mass is 341 g/mol. The fourth-order valence-corrected chi connectivity index (χ4v) is 3.07. The second-order valence-corrected chi connectivity index (χ2v) is 6.11. The smallest absolute Gasteiger partial charge is 0.317 e. The maximum Gasteiger partial charge on any atom is 0.317 e. The van der Waals surface area contributed by atoms with Gasteiger partial charge >= 0.3 is 5.97 Å². The Labute approximate surface area is 139 Å². The van der Waals surface area contributed by atoms with E-state index in [0.717, 1.165) is 24.9 Å². The maximum atomic E-state index is 10.8. The lowest BCUT2D eigenvalue weighted by Crippen LogP contribution is -2.53. The summed E-state index contributed by atoms with van der Waals surface area (Å²) in [5.74, 6) is -0.802. The van der Waals surface area contributed by atoms with Gasteiger partial charge in [-0.25, -0.2) is 0 Å². The van der Waals surface area contributed by atoms with Crippen LogP contribution < -0.4 is 5.32 Å². The molecule has 7 nitrogen and oxygen atoms in total. The van der Waals surface area contributed by atoms with Crippen LogP contribution in [0, 0.1) is 10.1 Å². The van der Waals surface area contributed by atoms with E-state index in [4.69, 9.17) is 16.7 Å². The fraction of sp³-hybridized carbons (Fsp3) is 0.533. The molecule has 8 heteroatoms. The van der Waals surface area contributed by atoms with Gasteiger partial charge in [-0.3, -0.25) is 19.8 Å². The van der Waals surface area contributed by atoms with Gasteiger partial charge in [0.25, 0.3) is 5.69 Å². The Kier molecular flexibility index (Phi) is 5.92. The molecule has 23 heavy (non-hydrogen) atoms. The van der Waals surface area contributed by atoms with Gasteiger partial charge in [0, 0.05) is 24.7 Å². The van der Waals surface area contributed by atoms with Crippen LogP contribution in [0.15, 0.2) is 18.2 Å². The van der Waals surface area contributed by atoms with Gasteiger partial charge in [0.2, 0.25) is 0 Å². The van der Waals surface area contributed by atoms with Crippen molar-refractivity contribution in [3.63, 3.8) is 0 Å². The number of hydrogen-bond acceptors (Lipinski definition) is 5. The Morgan fingerprint density at radius 3 is 2.74 bits per heavy atom. The summed E-state index contributed by atoms with van der Waals surface area (Å²) in [6, 6.07) is 5.33. The van der Waals surface area contributed by atoms with Crippen molar-refractivity contribution >= 4 is 23.3 Å². The molecule has 1 saturated carbocycles. The number of likely N-dealkylation sites (N-methyl/N-ethyl adjacent to an activating group) is 1. The van der Waals surface area contributed by atoms with Crippen LogP contribution in [0.2, 0.25) is 5.02 Å². The van der Waals surface area contributed by atoms with Crippen molar-refractivity contribution < 1.29 is 14.8 Å². The van der Waals surface area contributed by atoms with Crippen LogP contribution in [-0.2, 0) is 11.3 Å². The number of nitro groups is 1. The van der Waals surface area contributed by atoms with Crippen LogP contribution in [0.1, 0.15) is 25.3 Å². The van der Waals surface area contributed by atoms with Gasteiger partial charge in [-0.2, -0.15) is 0 Å². The highest BCUT2D eigenvalue weighted by Gasteiger charge is 2.33. The van der Waals surface area contributed by atoms with Gasteiger partial charge in [0.05, 0.1) is 11.5 Å². The molecule has 0 bridgehead atoms. The van der Waals surface area contributed by atoms with E-state index < -0.39 is 10.9 Å². The third-order valence-electron chi connectivity index (χ3n) is 4.18. The third kappa shape index (κ3) is 4.63. The summed E-state index contributed by atoms with van der Waals surface area (Å²) in [6.45, 7) is 3.34. The number of carbonyl (C=O) groups is 1. The molecule has 1 aliphatic carbocycles. The molecule has 0 atom stereocenters. The summed E-state index contributed by atoms with van der Waals surface area (Å²) in [4.78, 5) is 23.0. The Morgan fingerprint density at radius 1 is 1.52 bits per heavy atom. The highest BCUT2D eigenvalue weighted by atomic mass is 35.5. The molecule has 0 aliphatic heterocycles. The Balaban J connectivity index is 1.79. The van der Waals surface area contributed by atoms with Gasteiger partial charge in [-0.15, -0.1) is 0 Å². The van der Waals surface area contributed by atoms with E-state index in [-0.39, 0.29) is 17.3 Å². The third-order valence-corrected chi connectivity index (χ3v) is 4.48. The number of rotatable bonds is 8. The lowest BCUT2D eigenvalue weighted by atomic mass is 9.85. The van der Waals surface area contributed by atoms with Gasteiger partial charge in [-0.05, 0) is 31.0 Å². The molecule has 0 spiro atoms. The fourth-order valence-electron chi connectivity index (χ4n) is 2.80. The summed E-state index contributed by atoms with van der Waals surface area (Å²) in [6.07, 6.45) is 1.81. The molecular weight excluding hydrogens is 322 g/mol. The first-order valence-corrected chi connectivity index (χ1v) is 7.90. The first kappa shape index (κ1) is 17.7. The SMILES string of the molecule is CCN(CC(=O)O)C1CC(NCc2ccc([N+](=O)[O-])c(Cl)c2)C1. The van der Waals surface area contributed by atoms with Gasteiger partial charge in [0.1, 0.15) is 5.02 Å². The summed E-state index contributed by atoms with van der Waals surface area (Å²) in [5.41, 5.74) is 0.799. The number of halogens is 1. The quantitative estimate of drug-likeness (QED) is 0.556. The highest BCUT2D eigenvalue weighted by molar-refractivity contribution is 6.32. The number of aliphatic carboxylic acids is 1. The molecule has 0 amide bonds. The molecule has 2 rings (SSSR count). The molecule has 0 aromatic heterocycles. The first-order chi connectivity index (χ1) is 10.9. The van der Waals surface area contributed by atoms with Crippen molar-refractivity contribution in [2.24, 2.45) is 0 Å². The zero-order valence-corrected chi connectivity index (χ0v) is 13.6. The second kappa shape index (κ2) is 7.72. The van der Waals surface area contributed by atoms with Crippen molar-refractivity contribution in [1.82, 2.24) is 10.2 Å². The van der Waals surface area contributed by atoms with Crippen LogP contribution in [0.5, 0.6) is 0 Å². The molecule has 1 fully saturated rings. The van der Waals surface area contributed by atoms with E-state index >= 15 is 0 Å². The minimum absolute atomic E-state index is 0.0752. The van der Waals surface area contributed by atoms with E-state index in [1.807, 2.05) is 11.8 Å². The predicted octanol–water partition coefficient (Wildman–Crippen LogP) is 2.28. The first-order valence-electron chi connectivity index (χ1n) is 7.52. The second-order valence-electron chi connectivity index (χ2n) is 5.70. The van der Waals surface area contributed by atoms with Crippen LogP contribution in [0.25, 0.3) is 0 Å². The molecule has 2 N–H and O–H groups in total. The molecule has 1 aromatic rings. The Hall–Kier alpha value is -1.70. The van der Waals surface area contributed by atoms with Crippen molar-refractivity contribution in [2.75, 3.05) is 13.1 Å². The minimum atomic E-state index is -0.802. The largest absolute Gasteiger partial charge is 0.480 e. The summed E-state index contributed by atoms with van der Waals surface area (Å²) < 4.78 is 0. The highest BCUT2D eigenvalue weighted by Crippen LogP contribution is 2.27. The molecule has 1 aliphatic rings. The van der Waals surface area contributed by atoms with E-state index in [9.17, 15) is 14.9 Å². The zero-order chi connectivity index (χ0) is 17.0. The van der Waals surface area contributed by atoms with Crippen LogP contribution in [0.4, 0.5) is 5.69 Å². The number of carboxylic acids is 1. The molecule has 126 valence electrons. The standard InChI is InChI=1S/C15H20ClN3O4/c1-2-18(9-15(20)21)12-6-11(7-12)17-8-10-3-4-14(19(22)23)13(16)5-10/h3-5,11-12,17H,2,6-9H2,1H3,(H,20,21). The van der Waals surface area contributed by atoms with Gasteiger partial charge in [-0.1, -0.05) is 24.6 Å². The lowest BCUT2D eigenvalue weighted by molar-refractivity contribution is -0.384. The van der Waals surface area contributed by atoms with Crippen molar-refractivity contribution in [1.29, 1.82) is 0 Å². The van der Waals surface area contributed by atoms with E-state index in [0.29, 0.717) is 18.6 Å². The number of benzene rings is 1. The summed E-state index contributed by atoms with van der Waals surface area (Å²) in [5, 5.41) is 23.1. The number of nitro benzene ring substituents is 1. The molecule has 1 aromatic carbocycles. The predicted molar refractivity (Wildman–Crippen MR) is 86.6 cm³/mol. The average molecular weight is 342 g/mol. The number of nitrogens with one attached hydrogen (secondary N) is 1. The van der Waals surface area contributed by atoms with Gasteiger partial charge < -0.3 is 10.4 Å². The Morgan fingerprint density at radius 2 is 2.22 bits per heavy atom. The number of nitrogens with zero attached hydrogens (tertiary/aromatic N) is 2. The summed E-state index contributed by atoms with van der Waals surface area (Å²) in [7, 11) is 0. The molecule has 0 saturated heterocycles. The molecule has 0 heterocycles. The normalized spacial score (nSPS) is 20.3. The minimum Gasteiger partial charge on any atom is -0.480 e. The maximum absolute atomic E-state index is 10.8. The van der Waals surface area contributed by atoms with Crippen LogP contribution in [-0.4, -0.2) is 46.1 Å². The zero-order valence-electron chi connectivity index (χ0n) is 12.9. The number of hydrogen-bond donors (Lipinski definition) is 2. The van der Waals surface area contributed by atoms with E-state index in [1.54, 1.807) is 12.1 Å². The van der Waals surface area contributed by atoms with Crippen molar-refractivity contribution in [2.45, 2.75) is 38.4 Å². The Bertz CT molecular complexity index is 590. The van der Waals surface area contributed by atoms with Crippen molar-refractivity contribution in [3.8, 4) is 0 Å².